The zero-order chi connectivity index (χ0) is 23.9. The van der Waals surface area contributed by atoms with Gasteiger partial charge in [-0.05, 0) is 45.0 Å². The third-order valence-electron chi connectivity index (χ3n) is 6.98. The molecule has 0 aromatic carbocycles. The zero-order valence-corrected chi connectivity index (χ0v) is 21.4. The first-order valence-corrected chi connectivity index (χ1v) is 13.0. The molecule has 3 aliphatic rings. The quantitative estimate of drug-likeness (QED) is 0.665. The second-order valence-corrected chi connectivity index (χ2v) is 9.28. The minimum atomic E-state index is 0.342. The molecule has 8 heteroatoms. The summed E-state index contributed by atoms with van der Waals surface area (Å²) in [5.41, 5.74) is 3.72. The van der Waals surface area contributed by atoms with Gasteiger partial charge in [-0.25, -0.2) is 4.98 Å². The number of aryl methyl sites for hydroxylation is 1. The molecule has 0 bridgehead atoms. The van der Waals surface area contributed by atoms with Gasteiger partial charge >= 0.3 is 0 Å². The van der Waals surface area contributed by atoms with Crippen LogP contribution >= 0.6 is 0 Å². The summed E-state index contributed by atoms with van der Waals surface area (Å²) in [4.78, 5) is 24.2. The number of ether oxygens (including phenoxy) is 1. The van der Waals surface area contributed by atoms with E-state index in [2.05, 4.69) is 51.9 Å². The molecule has 2 fully saturated rings. The first kappa shape index (κ1) is 24.8. The van der Waals surface area contributed by atoms with Crippen LogP contribution in [0.25, 0.3) is 0 Å². The van der Waals surface area contributed by atoms with Crippen LogP contribution in [-0.4, -0.2) is 91.3 Å². The molecule has 8 nitrogen and oxygen atoms in total. The largest absolute Gasteiger partial charge is 0.378 e. The van der Waals surface area contributed by atoms with E-state index in [0.717, 1.165) is 89.3 Å². The van der Waals surface area contributed by atoms with Gasteiger partial charge in [0, 0.05) is 58.1 Å². The van der Waals surface area contributed by atoms with Crippen LogP contribution in [0.3, 0.4) is 0 Å². The summed E-state index contributed by atoms with van der Waals surface area (Å²) in [5, 5.41) is 0. The Labute approximate surface area is 204 Å². The van der Waals surface area contributed by atoms with Gasteiger partial charge in [0.15, 0.2) is 0 Å². The first-order chi connectivity index (χ1) is 16.7. The van der Waals surface area contributed by atoms with Crippen molar-refractivity contribution in [2.24, 2.45) is 0 Å². The molecule has 0 spiro atoms. The van der Waals surface area contributed by atoms with Crippen molar-refractivity contribution in [1.29, 1.82) is 0 Å². The summed E-state index contributed by atoms with van der Waals surface area (Å²) >= 11 is 0. The highest BCUT2D eigenvalue weighted by atomic mass is 16.5. The Morgan fingerprint density at radius 3 is 2.56 bits per heavy atom. The van der Waals surface area contributed by atoms with Crippen molar-refractivity contribution in [3.05, 3.63) is 41.3 Å². The van der Waals surface area contributed by atoms with Crippen LogP contribution < -0.4 is 9.80 Å². The van der Waals surface area contributed by atoms with Gasteiger partial charge in [-0.3, -0.25) is 9.88 Å². The Kier molecular flexibility index (Phi) is 8.69. The third kappa shape index (κ3) is 5.85. The van der Waals surface area contributed by atoms with E-state index in [1.165, 1.54) is 17.7 Å². The minimum Gasteiger partial charge on any atom is -0.378 e. The SMILES string of the molecule is CC.CN1CCN(c2cc(CN(C)C3CCCc4cccnc43)nc(N3CCOCC3)n2)CC1. The van der Waals surface area contributed by atoms with Crippen LogP contribution in [0.5, 0.6) is 0 Å². The molecular formula is C26H41N7O. The lowest BCUT2D eigenvalue weighted by molar-refractivity contribution is 0.122. The Bertz CT molecular complexity index is 910. The van der Waals surface area contributed by atoms with E-state index >= 15 is 0 Å². The molecule has 0 N–H and O–H groups in total. The molecule has 34 heavy (non-hydrogen) atoms. The molecule has 0 amide bonds. The molecular weight excluding hydrogens is 426 g/mol. The molecule has 2 aromatic heterocycles. The monoisotopic (exact) mass is 467 g/mol. The van der Waals surface area contributed by atoms with Gasteiger partial charge in [-0.15, -0.1) is 0 Å². The van der Waals surface area contributed by atoms with Crippen molar-refractivity contribution in [3.8, 4) is 0 Å². The van der Waals surface area contributed by atoms with Gasteiger partial charge in [0.05, 0.1) is 30.6 Å². The van der Waals surface area contributed by atoms with Gasteiger partial charge in [-0.2, -0.15) is 4.98 Å². The Balaban J connectivity index is 0.00000133. The van der Waals surface area contributed by atoms with E-state index in [-0.39, 0.29) is 0 Å². The minimum absolute atomic E-state index is 0.342. The number of hydrogen-bond donors (Lipinski definition) is 0. The number of likely N-dealkylation sites (N-methyl/N-ethyl adjacent to an activating group) is 1. The summed E-state index contributed by atoms with van der Waals surface area (Å²) in [6.07, 6.45) is 5.42. The van der Waals surface area contributed by atoms with Gasteiger partial charge in [0.25, 0.3) is 0 Å². The lowest BCUT2D eigenvalue weighted by atomic mass is 9.91. The Morgan fingerprint density at radius 1 is 1.03 bits per heavy atom. The molecule has 0 radical (unpaired) electrons. The molecule has 186 valence electrons. The highest BCUT2D eigenvalue weighted by Gasteiger charge is 2.26. The maximum atomic E-state index is 5.56. The Hall–Kier alpha value is -2.29. The summed E-state index contributed by atoms with van der Waals surface area (Å²) in [6.45, 7) is 12.1. The molecule has 1 aliphatic carbocycles. The van der Waals surface area contributed by atoms with E-state index in [1.807, 2.05) is 20.0 Å². The molecule has 2 aromatic rings. The van der Waals surface area contributed by atoms with Crippen LogP contribution in [0.4, 0.5) is 11.8 Å². The van der Waals surface area contributed by atoms with Crippen molar-refractivity contribution >= 4 is 11.8 Å². The van der Waals surface area contributed by atoms with Gasteiger partial charge < -0.3 is 19.4 Å². The predicted octanol–water partition coefficient (Wildman–Crippen LogP) is 3.00. The van der Waals surface area contributed by atoms with E-state index in [9.17, 15) is 0 Å². The highest BCUT2D eigenvalue weighted by Crippen LogP contribution is 2.33. The normalized spacial score (nSPS) is 21.1. The molecule has 1 atom stereocenters. The average molecular weight is 468 g/mol. The zero-order valence-electron chi connectivity index (χ0n) is 21.4. The number of morpholine rings is 1. The van der Waals surface area contributed by atoms with Crippen molar-refractivity contribution in [1.82, 2.24) is 24.8 Å². The number of piperazine rings is 1. The lowest BCUT2D eigenvalue weighted by Gasteiger charge is -2.35. The summed E-state index contributed by atoms with van der Waals surface area (Å²) < 4.78 is 5.56. The van der Waals surface area contributed by atoms with E-state index < -0.39 is 0 Å². The van der Waals surface area contributed by atoms with Gasteiger partial charge in [0.1, 0.15) is 5.82 Å². The number of rotatable bonds is 5. The topological polar surface area (TPSA) is 60.9 Å². The molecule has 4 heterocycles. The fraction of sp³-hybridized carbons (Fsp3) is 0.654. The second-order valence-electron chi connectivity index (χ2n) is 9.28. The van der Waals surface area contributed by atoms with Crippen LogP contribution in [0.1, 0.15) is 49.7 Å². The summed E-state index contributed by atoms with van der Waals surface area (Å²) in [5.74, 6) is 1.90. The standard InChI is InChI=1S/C24H35N7O.C2H6/c1-28-9-11-30(12-10-28)22-17-20(26-24(27-22)31-13-15-32-16-14-31)18-29(2)21-7-3-5-19-6-4-8-25-23(19)21;1-2/h4,6,8,17,21H,3,5,7,9-16,18H2,1-2H3;1-2H3. The lowest BCUT2D eigenvalue weighted by Crippen LogP contribution is -2.45. The van der Waals surface area contributed by atoms with Crippen LogP contribution in [-0.2, 0) is 17.7 Å². The number of nitrogens with zero attached hydrogens (tertiary/aromatic N) is 7. The van der Waals surface area contributed by atoms with Crippen LogP contribution in [0.2, 0.25) is 0 Å². The fourth-order valence-electron chi connectivity index (χ4n) is 5.03. The van der Waals surface area contributed by atoms with E-state index in [4.69, 9.17) is 19.7 Å². The fourth-order valence-corrected chi connectivity index (χ4v) is 5.03. The molecule has 2 aliphatic heterocycles. The number of hydrogen-bond acceptors (Lipinski definition) is 8. The number of fused-ring (bicyclic) bond motifs is 1. The number of pyridine rings is 1. The maximum Gasteiger partial charge on any atom is 0.227 e. The molecule has 2 saturated heterocycles. The van der Waals surface area contributed by atoms with Crippen molar-refractivity contribution in [3.63, 3.8) is 0 Å². The van der Waals surface area contributed by atoms with E-state index in [0.29, 0.717) is 6.04 Å². The summed E-state index contributed by atoms with van der Waals surface area (Å²) in [7, 11) is 4.40. The highest BCUT2D eigenvalue weighted by molar-refractivity contribution is 5.47. The number of aromatic nitrogens is 3. The number of anilines is 2. The van der Waals surface area contributed by atoms with Crippen molar-refractivity contribution in [2.45, 2.75) is 45.7 Å². The van der Waals surface area contributed by atoms with Crippen molar-refractivity contribution in [2.75, 3.05) is 76.4 Å². The molecule has 5 rings (SSSR count). The average Bonchev–Trinajstić information content (AvgIpc) is 2.90. The maximum absolute atomic E-state index is 5.56. The predicted molar refractivity (Wildman–Crippen MR) is 138 cm³/mol. The smallest absolute Gasteiger partial charge is 0.227 e. The van der Waals surface area contributed by atoms with Gasteiger partial charge in [0.2, 0.25) is 5.95 Å². The first-order valence-electron chi connectivity index (χ1n) is 13.0. The molecule has 1 unspecified atom stereocenters. The second kappa shape index (κ2) is 11.9. The summed E-state index contributed by atoms with van der Waals surface area (Å²) in [6, 6.07) is 6.83. The van der Waals surface area contributed by atoms with Gasteiger partial charge in [-0.1, -0.05) is 19.9 Å². The van der Waals surface area contributed by atoms with Crippen LogP contribution in [0.15, 0.2) is 24.4 Å². The molecule has 0 saturated carbocycles. The van der Waals surface area contributed by atoms with E-state index in [1.54, 1.807) is 0 Å². The third-order valence-corrected chi connectivity index (χ3v) is 6.98. The van der Waals surface area contributed by atoms with Crippen molar-refractivity contribution < 1.29 is 4.74 Å². The van der Waals surface area contributed by atoms with Crippen LogP contribution in [0, 0.1) is 0 Å². The Morgan fingerprint density at radius 2 is 1.79 bits per heavy atom.